The van der Waals surface area contributed by atoms with Gasteiger partial charge < -0.3 is 30.0 Å². The first-order valence-electron chi connectivity index (χ1n) is 6.85. The van der Waals surface area contributed by atoms with Gasteiger partial charge in [-0.2, -0.15) is 0 Å². The number of anilines is 2. The molecular weight excluding hydrogens is 319 g/mol. The summed E-state index contributed by atoms with van der Waals surface area (Å²) in [5, 5.41) is 14.5. The first-order chi connectivity index (χ1) is 11.5. The van der Waals surface area contributed by atoms with Gasteiger partial charge in [-0.3, -0.25) is 0 Å². The summed E-state index contributed by atoms with van der Waals surface area (Å²) < 4.78 is 28.8. The summed E-state index contributed by atoms with van der Waals surface area (Å²) in [6.45, 7) is 0. The van der Waals surface area contributed by atoms with Crippen molar-refractivity contribution in [2.24, 2.45) is 0 Å². The maximum atomic E-state index is 13.3. The molecule has 0 heterocycles. The van der Waals surface area contributed by atoms with E-state index >= 15 is 0 Å². The number of phenols is 1. The van der Waals surface area contributed by atoms with E-state index in [0.29, 0.717) is 22.9 Å². The van der Waals surface area contributed by atoms with Gasteiger partial charge in [0.05, 0.1) is 32.7 Å². The molecule has 0 aliphatic rings. The third kappa shape index (κ3) is 3.60. The number of amides is 2. The molecule has 7 nitrogen and oxygen atoms in total. The van der Waals surface area contributed by atoms with Crippen LogP contribution in [0.5, 0.6) is 23.0 Å². The Kier molecular flexibility index (Phi) is 5.31. The lowest BCUT2D eigenvalue weighted by Crippen LogP contribution is -2.19. The number of hydrogen-bond donors (Lipinski definition) is 3. The number of methoxy groups -OCH3 is 3. The molecule has 8 heteroatoms. The fourth-order valence-corrected chi connectivity index (χ4v) is 2.05. The molecule has 0 aromatic heterocycles. The third-order valence-electron chi connectivity index (χ3n) is 3.16. The Bertz CT molecular complexity index is 726. The van der Waals surface area contributed by atoms with E-state index in [2.05, 4.69) is 10.6 Å². The summed E-state index contributed by atoms with van der Waals surface area (Å²) in [6.07, 6.45) is 0. The van der Waals surface area contributed by atoms with E-state index in [1.807, 2.05) is 0 Å². The highest BCUT2D eigenvalue weighted by Gasteiger charge is 2.15. The zero-order valence-corrected chi connectivity index (χ0v) is 13.3. The van der Waals surface area contributed by atoms with E-state index in [1.165, 1.54) is 45.6 Å². The van der Waals surface area contributed by atoms with Crippen molar-refractivity contribution in [1.82, 2.24) is 0 Å². The Balaban J connectivity index is 2.21. The standard InChI is InChI=1S/C16H17FN2O5/c1-22-12-7-9(8-13(23-2)15(12)24-3)18-16(21)19-11-6-4-5-10(17)14(11)20/h4-8,20H,1-3H3,(H2,18,19,21). The summed E-state index contributed by atoms with van der Waals surface area (Å²) in [6, 6.07) is 6.21. The quantitative estimate of drug-likeness (QED) is 0.730. The van der Waals surface area contributed by atoms with Crippen molar-refractivity contribution >= 4 is 17.4 Å². The molecule has 0 saturated heterocycles. The summed E-state index contributed by atoms with van der Waals surface area (Å²) in [7, 11) is 4.37. The number of halogens is 1. The second kappa shape index (κ2) is 7.40. The molecule has 128 valence electrons. The van der Waals surface area contributed by atoms with Gasteiger partial charge in [-0.05, 0) is 12.1 Å². The number of phenolic OH excluding ortho intramolecular Hbond substituents is 1. The molecule has 2 rings (SSSR count). The van der Waals surface area contributed by atoms with Crippen LogP contribution in [0.2, 0.25) is 0 Å². The van der Waals surface area contributed by atoms with Crippen LogP contribution in [0.1, 0.15) is 0 Å². The van der Waals surface area contributed by atoms with Gasteiger partial charge in [0, 0.05) is 12.1 Å². The topological polar surface area (TPSA) is 89.1 Å². The number of para-hydroxylation sites is 1. The van der Waals surface area contributed by atoms with Crippen LogP contribution < -0.4 is 24.8 Å². The highest BCUT2D eigenvalue weighted by Crippen LogP contribution is 2.40. The summed E-state index contributed by atoms with van der Waals surface area (Å²) in [5.74, 6) is -0.367. The smallest absolute Gasteiger partial charge is 0.323 e. The van der Waals surface area contributed by atoms with Crippen molar-refractivity contribution in [2.75, 3.05) is 32.0 Å². The normalized spacial score (nSPS) is 10.0. The molecule has 0 fully saturated rings. The fraction of sp³-hybridized carbons (Fsp3) is 0.188. The highest BCUT2D eigenvalue weighted by atomic mass is 19.1. The maximum Gasteiger partial charge on any atom is 0.323 e. The van der Waals surface area contributed by atoms with E-state index in [0.717, 1.165) is 6.07 Å². The monoisotopic (exact) mass is 336 g/mol. The van der Waals surface area contributed by atoms with Gasteiger partial charge in [0.1, 0.15) is 0 Å². The van der Waals surface area contributed by atoms with E-state index in [1.54, 1.807) is 0 Å². The Morgan fingerprint density at radius 1 is 1.04 bits per heavy atom. The van der Waals surface area contributed by atoms with Crippen molar-refractivity contribution in [1.29, 1.82) is 0 Å². The Morgan fingerprint density at radius 3 is 2.21 bits per heavy atom. The minimum absolute atomic E-state index is 0.0556. The number of hydrogen-bond acceptors (Lipinski definition) is 5. The van der Waals surface area contributed by atoms with Gasteiger partial charge in [-0.15, -0.1) is 0 Å². The molecule has 0 saturated carbocycles. The summed E-state index contributed by atoms with van der Waals surface area (Å²) >= 11 is 0. The fourth-order valence-electron chi connectivity index (χ4n) is 2.05. The van der Waals surface area contributed by atoms with Gasteiger partial charge in [-0.1, -0.05) is 6.07 Å². The number of rotatable bonds is 5. The summed E-state index contributed by atoms with van der Waals surface area (Å²) in [5.41, 5.74) is 0.304. The lowest BCUT2D eigenvalue weighted by Gasteiger charge is -2.15. The molecule has 0 spiro atoms. The summed E-state index contributed by atoms with van der Waals surface area (Å²) in [4.78, 5) is 12.0. The van der Waals surface area contributed by atoms with Gasteiger partial charge in [-0.25, -0.2) is 9.18 Å². The van der Waals surface area contributed by atoms with E-state index in [9.17, 15) is 14.3 Å². The molecule has 0 unspecified atom stereocenters. The van der Waals surface area contributed by atoms with Gasteiger partial charge >= 0.3 is 6.03 Å². The van der Waals surface area contributed by atoms with Crippen LogP contribution in [0.3, 0.4) is 0 Å². The predicted octanol–water partition coefficient (Wildman–Crippen LogP) is 3.20. The number of benzene rings is 2. The van der Waals surface area contributed by atoms with Crippen LogP contribution >= 0.6 is 0 Å². The van der Waals surface area contributed by atoms with Crippen LogP contribution in [0.4, 0.5) is 20.6 Å². The molecule has 2 aromatic rings. The molecule has 0 radical (unpaired) electrons. The van der Waals surface area contributed by atoms with E-state index in [4.69, 9.17) is 14.2 Å². The van der Waals surface area contributed by atoms with Gasteiger partial charge in [0.15, 0.2) is 23.1 Å². The number of nitrogens with one attached hydrogen (secondary N) is 2. The molecule has 2 amide bonds. The van der Waals surface area contributed by atoms with Crippen LogP contribution in [-0.2, 0) is 0 Å². The minimum Gasteiger partial charge on any atom is -0.503 e. The molecule has 0 aliphatic heterocycles. The van der Waals surface area contributed by atoms with Crippen molar-refractivity contribution in [3.63, 3.8) is 0 Å². The second-order valence-corrected chi connectivity index (χ2v) is 4.63. The average Bonchev–Trinajstić information content (AvgIpc) is 2.57. The van der Waals surface area contributed by atoms with Crippen molar-refractivity contribution < 1.29 is 28.5 Å². The zero-order valence-electron chi connectivity index (χ0n) is 13.3. The van der Waals surface area contributed by atoms with Crippen LogP contribution in [-0.4, -0.2) is 32.5 Å². The highest BCUT2D eigenvalue weighted by molar-refractivity contribution is 6.01. The lowest BCUT2D eigenvalue weighted by atomic mass is 10.2. The average molecular weight is 336 g/mol. The molecular formula is C16H17FN2O5. The minimum atomic E-state index is -0.833. The molecule has 2 aromatic carbocycles. The van der Waals surface area contributed by atoms with Crippen molar-refractivity contribution in [3.05, 3.63) is 36.1 Å². The Morgan fingerprint density at radius 2 is 1.67 bits per heavy atom. The number of carbonyl (C=O) groups excluding carboxylic acids is 1. The zero-order chi connectivity index (χ0) is 17.7. The lowest BCUT2D eigenvalue weighted by molar-refractivity contribution is 0.262. The molecule has 0 bridgehead atoms. The number of carbonyl (C=O) groups is 1. The largest absolute Gasteiger partial charge is 0.503 e. The van der Waals surface area contributed by atoms with Crippen molar-refractivity contribution in [2.45, 2.75) is 0 Å². The van der Waals surface area contributed by atoms with Gasteiger partial charge in [0.2, 0.25) is 5.75 Å². The molecule has 0 aliphatic carbocycles. The van der Waals surface area contributed by atoms with E-state index in [-0.39, 0.29) is 5.69 Å². The Hall–Kier alpha value is -3.16. The Labute approximate surface area is 138 Å². The first-order valence-corrected chi connectivity index (χ1v) is 6.85. The molecule has 24 heavy (non-hydrogen) atoms. The number of ether oxygens (including phenoxy) is 3. The first kappa shape index (κ1) is 17.2. The molecule has 0 atom stereocenters. The number of urea groups is 1. The second-order valence-electron chi connectivity index (χ2n) is 4.63. The third-order valence-corrected chi connectivity index (χ3v) is 3.16. The van der Waals surface area contributed by atoms with Crippen molar-refractivity contribution in [3.8, 4) is 23.0 Å². The predicted molar refractivity (Wildman–Crippen MR) is 86.8 cm³/mol. The van der Waals surface area contributed by atoms with Crippen LogP contribution in [0, 0.1) is 5.82 Å². The van der Waals surface area contributed by atoms with Crippen LogP contribution in [0.15, 0.2) is 30.3 Å². The van der Waals surface area contributed by atoms with Crippen LogP contribution in [0.25, 0.3) is 0 Å². The maximum absolute atomic E-state index is 13.3. The van der Waals surface area contributed by atoms with E-state index < -0.39 is 17.6 Å². The van der Waals surface area contributed by atoms with Gasteiger partial charge in [0.25, 0.3) is 0 Å². The SMILES string of the molecule is COc1cc(NC(=O)Nc2cccc(F)c2O)cc(OC)c1OC. The number of aromatic hydroxyl groups is 1. The molecule has 3 N–H and O–H groups in total.